The molecule has 0 aliphatic carbocycles. The molecule has 25 heavy (non-hydrogen) atoms. The molecule has 1 fully saturated rings. The molecule has 0 unspecified atom stereocenters. The lowest BCUT2D eigenvalue weighted by atomic mass is 9.94. The molecule has 1 aromatic heterocycles. The fourth-order valence-corrected chi connectivity index (χ4v) is 3.96. The number of aromatic amines is 1. The number of nitrogens with zero attached hydrogens (tertiary/aromatic N) is 1. The lowest BCUT2D eigenvalue weighted by Gasteiger charge is -2.24. The molecule has 130 valence electrons. The van der Waals surface area contributed by atoms with Gasteiger partial charge in [-0.15, -0.1) is 0 Å². The van der Waals surface area contributed by atoms with Crippen molar-refractivity contribution in [3.05, 3.63) is 70.9 Å². The Hall–Kier alpha value is -1.85. The number of aliphatic hydroxyl groups excluding tert-OH is 2. The second-order valence-corrected chi connectivity index (χ2v) is 7.16. The Balaban J connectivity index is 1.56. The molecule has 0 bridgehead atoms. The number of likely N-dealkylation sites (tertiary alicyclic amines) is 1. The third-order valence-corrected chi connectivity index (χ3v) is 5.45. The Morgan fingerprint density at radius 3 is 2.68 bits per heavy atom. The first kappa shape index (κ1) is 16.6. The van der Waals surface area contributed by atoms with E-state index in [1.807, 2.05) is 30.5 Å². The summed E-state index contributed by atoms with van der Waals surface area (Å²) in [5.41, 5.74) is 3.34. The third kappa shape index (κ3) is 3.18. The van der Waals surface area contributed by atoms with Crippen molar-refractivity contribution in [3.8, 4) is 0 Å². The van der Waals surface area contributed by atoms with Crippen LogP contribution in [0.3, 0.4) is 0 Å². The van der Waals surface area contributed by atoms with Crippen molar-refractivity contribution in [2.75, 3.05) is 13.2 Å². The van der Waals surface area contributed by atoms with Crippen LogP contribution in [-0.4, -0.2) is 45.4 Å². The van der Waals surface area contributed by atoms with Gasteiger partial charge in [-0.25, -0.2) is 0 Å². The topological polar surface area (TPSA) is 59.5 Å². The van der Waals surface area contributed by atoms with E-state index in [0.717, 1.165) is 11.1 Å². The molecule has 2 heterocycles. The van der Waals surface area contributed by atoms with Gasteiger partial charge in [0.05, 0.1) is 18.8 Å². The minimum Gasteiger partial charge on any atom is -0.395 e. The van der Waals surface area contributed by atoms with Crippen molar-refractivity contribution in [3.63, 3.8) is 0 Å². The number of nitrogens with one attached hydrogen (secondary N) is 1. The molecule has 3 atom stereocenters. The van der Waals surface area contributed by atoms with Crippen LogP contribution in [0, 0.1) is 0 Å². The molecule has 3 N–H and O–H groups in total. The first-order chi connectivity index (χ1) is 12.2. The zero-order valence-electron chi connectivity index (χ0n) is 13.8. The Morgan fingerprint density at radius 1 is 1.12 bits per heavy atom. The summed E-state index contributed by atoms with van der Waals surface area (Å²) >= 11 is 5.97. The first-order valence-electron chi connectivity index (χ1n) is 8.50. The third-order valence-electron chi connectivity index (χ3n) is 5.20. The van der Waals surface area contributed by atoms with E-state index in [1.54, 1.807) is 0 Å². The zero-order valence-corrected chi connectivity index (χ0v) is 14.5. The van der Waals surface area contributed by atoms with Gasteiger partial charge in [-0.05, 0) is 46.8 Å². The van der Waals surface area contributed by atoms with E-state index in [-0.39, 0.29) is 18.6 Å². The average Bonchev–Trinajstić information content (AvgIpc) is 3.20. The molecule has 1 aliphatic rings. The maximum atomic E-state index is 10.7. The largest absolute Gasteiger partial charge is 0.395 e. The highest BCUT2D eigenvalue weighted by Gasteiger charge is 2.40. The van der Waals surface area contributed by atoms with Gasteiger partial charge in [-0.1, -0.05) is 29.8 Å². The van der Waals surface area contributed by atoms with Gasteiger partial charge < -0.3 is 15.2 Å². The smallest absolute Gasteiger partial charge is 0.0798 e. The molecule has 0 radical (unpaired) electrons. The SMILES string of the molecule is OC[C@@H]1[C@H](O)[C@@H](c2ccc(Cl)cc2)CN1Cc1ccc2[nH]ccc2c1. The van der Waals surface area contributed by atoms with Gasteiger partial charge in [0, 0.05) is 35.7 Å². The number of hydrogen-bond donors (Lipinski definition) is 3. The summed E-state index contributed by atoms with van der Waals surface area (Å²) in [6.45, 7) is 1.35. The maximum Gasteiger partial charge on any atom is 0.0798 e. The normalized spacial score (nSPS) is 24.2. The predicted octanol–water partition coefficient (Wildman–Crippen LogP) is 3.14. The Kier molecular flexibility index (Phi) is 4.52. The molecule has 3 aromatic rings. The Morgan fingerprint density at radius 2 is 1.92 bits per heavy atom. The van der Waals surface area contributed by atoms with Crippen LogP contribution in [0.25, 0.3) is 10.9 Å². The van der Waals surface area contributed by atoms with E-state index >= 15 is 0 Å². The van der Waals surface area contributed by atoms with E-state index in [9.17, 15) is 10.2 Å². The van der Waals surface area contributed by atoms with Crippen LogP contribution in [0.15, 0.2) is 54.7 Å². The molecule has 2 aromatic carbocycles. The molecule has 1 saturated heterocycles. The van der Waals surface area contributed by atoms with Crippen LogP contribution < -0.4 is 0 Å². The van der Waals surface area contributed by atoms with E-state index in [2.05, 4.69) is 34.1 Å². The summed E-state index contributed by atoms with van der Waals surface area (Å²) in [7, 11) is 0. The number of benzene rings is 2. The van der Waals surface area contributed by atoms with E-state index in [0.29, 0.717) is 18.1 Å². The summed E-state index contributed by atoms with van der Waals surface area (Å²) in [6.07, 6.45) is 1.34. The van der Waals surface area contributed by atoms with Gasteiger partial charge in [0.25, 0.3) is 0 Å². The highest BCUT2D eigenvalue weighted by molar-refractivity contribution is 6.30. The molecular formula is C20H21ClN2O2. The number of halogens is 1. The molecule has 0 amide bonds. The van der Waals surface area contributed by atoms with E-state index < -0.39 is 6.10 Å². The monoisotopic (exact) mass is 356 g/mol. The van der Waals surface area contributed by atoms with Gasteiger partial charge >= 0.3 is 0 Å². The number of aliphatic hydroxyl groups is 2. The summed E-state index contributed by atoms with van der Waals surface area (Å²) in [4.78, 5) is 5.36. The molecule has 4 rings (SSSR count). The maximum absolute atomic E-state index is 10.7. The van der Waals surface area contributed by atoms with Crippen molar-refractivity contribution < 1.29 is 10.2 Å². The second kappa shape index (κ2) is 6.81. The van der Waals surface area contributed by atoms with Gasteiger partial charge in [-0.2, -0.15) is 0 Å². The molecule has 1 aliphatic heterocycles. The van der Waals surface area contributed by atoms with Crippen LogP contribution in [0.1, 0.15) is 17.0 Å². The lowest BCUT2D eigenvalue weighted by molar-refractivity contribution is 0.0641. The summed E-state index contributed by atoms with van der Waals surface area (Å²) in [6, 6.07) is 15.7. The molecule has 4 nitrogen and oxygen atoms in total. The first-order valence-corrected chi connectivity index (χ1v) is 8.88. The van der Waals surface area contributed by atoms with Crippen LogP contribution in [-0.2, 0) is 6.54 Å². The molecule has 5 heteroatoms. The van der Waals surface area contributed by atoms with Crippen LogP contribution in [0.4, 0.5) is 0 Å². The van der Waals surface area contributed by atoms with Gasteiger partial charge in [0.15, 0.2) is 0 Å². The fraction of sp³-hybridized carbons (Fsp3) is 0.300. The van der Waals surface area contributed by atoms with E-state index in [1.165, 1.54) is 10.9 Å². The van der Waals surface area contributed by atoms with Crippen molar-refractivity contribution in [2.45, 2.75) is 24.6 Å². The fourth-order valence-electron chi connectivity index (χ4n) is 3.83. The molecular weight excluding hydrogens is 336 g/mol. The summed E-state index contributed by atoms with van der Waals surface area (Å²) < 4.78 is 0. The van der Waals surface area contributed by atoms with Crippen molar-refractivity contribution in [1.82, 2.24) is 9.88 Å². The standard InChI is InChI=1S/C20H21ClN2O2/c21-16-4-2-14(3-5-16)17-11-23(19(12-24)20(17)25)10-13-1-6-18-15(9-13)7-8-22-18/h1-9,17,19-20,22,24-25H,10-12H2/t17-,19-,20-/m1/s1. The van der Waals surface area contributed by atoms with Gasteiger partial charge in [0.1, 0.15) is 0 Å². The minimum absolute atomic E-state index is 0.0228. The van der Waals surface area contributed by atoms with Crippen LogP contribution in [0.5, 0.6) is 0 Å². The number of rotatable bonds is 4. The van der Waals surface area contributed by atoms with Crippen molar-refractivity contribution in [1.29, 1.82) is 0 Å². The highest BCUT2D eigenvalue weighted by atomic mass is 35.5. The van der Waals surface area contributed by atoms with Crippen molar-refractivity contribution in [2.24, 2.45) is 0 Å². The van der Waals surface area contributed by atoms with Crippen molar-refractivity contribution >= 4 is 22.5 Å². The van der Waals surface area contributed by atoms with E-state index in [4.69, 9.17) is 11.6 Å². The Labute approximate surface area is 151 Å². The zero-order chi connectivity index (χ0) is 17.4. The number of fused-ring (bicyclic) bond motifs is 1. The average molecular weight is 357 g/mol. The predicted molar refractivity (Wildman–Crippen MR) is 99.8 cm³/mol. The number of H-pyrrole nitrogens is 1. The minimum atomic E-state index is -0.595. The quantitative estimate of drug-likeness (QED) is 0.673. The van der Waals surface area contributed by atoms with Gasteiger partial charge in [-0.3, -0.25) is 4.90 Å². The molecule has 0 spiro atoms. The molecule has 0 saturated carbocycles. The van der Waals surface area contributed by atoms with Gasteiger partial charge in [0.2, 0.25) is 0 Å². The number of hydrogen-bond acceptors (Lipinski definition) is 3. The summed E-state index contributed by atoms with van der Waals surface area (Å²) in [5, 5.41) is 22.4. The Bertz CT molecular complexity index is 862. The highest BCUT2D eigenvalue weighted by Crippen LogP contribution is 2.34. The second-order valence-electron chi connectivity index (χ2n) is 6.73. The van der Waals surface area contributed by atoms with Crippen LogP contribution in [0.2, 0.25) is 5.02 Å². The lowest BCUT2D eigenvalue weighted by Crippen LogP contribution is -2.38. The number of aromatic nitrogens is 1. The van der Waals surface area contributed by atoms with Crippen LogP contribution >= 0.6 is 11.6 Å². The summed E-state index contributed by atoms with van der Waals surface area (Å²) in [5.74, 6) is -0.0228.